The van der Waals surface area contributed by atoms with E-state index in [2.05, 4.69) is 15.6 Å². The fourth-order valence-electron chi connectivity index (χ4n) is 4.64. The summed E-state index contributed by atoms with van der Waals surface area (Å²) in [5.74, 6) is -0.0356. The van der Waals surface area contributed by atoms with Crippen LogP contribution in [0, 0.1) is 6.92 Å². The summed E-state index contributed by atoms with van der Waals surface area (Å²) in [5.41, 5.74) is 3.89. The lowest BCUT2D eigenvalue weighted by Gasteiger charge is -2.27. The molecule has 1 amide bonds. The molecule has 1 aliphatic heterocycles. The van der Waals surface area contributed by atoms with E-state index in [1.54, 1.807) is 36.5 Å². The average molecular weight is 527 g/mol. The monoisotopic (exact) mass is 526 g/mol. The van der Waals surface area contributed by atoms with E-state index in [4.69, 9.17) is 16.6 Å². The second-order valence-corrected chi connectivity index (χ2v) is 9.34. The van der Waals surface area contributed by atoms with Crippen molar-refractivity contribution < 1.29 is 19.1 Å². The molecule has 0 radical (unpaired) electrons. The molecule has 1 fully saturated rings. The van der Waals surface area contributed by atoms with E-state index in [1.807, 2.05) is 61.2 Å². The molecule has 1 saturated heterocycles. The molecule has 9 heteroatoms. The van der Waals surface area contributed by atoms with E-state index in [1.165, 1.54) is 0 Å². The number of anilines is 2. The average Bonchev–Trinajstić information content (AvgIpc) is 3.54. The Morgan fingerprint density at radius 3 is 2.61 bits per heavy atom. The van der Waals surface area contributed by atoms with Crippen LogP contribution in [-0.2, 0) is 4.79 Å². The van der Waals surface area contributed by atoms with Gasteiger partial charge in [-0.25, -0.2) is 4.79 Å². The lowest BCUT2D eigenvalue weighted by atomic mass is 10.0. The summed E-state index contributed by atoms with van der Waals surface area (Å²) in [6.45, 7) is 3.74. The van der Waals surface area contributed by atoms with Crippen LogP contribution in [0.2, 0.25) is 0 Å². The van der Waals surface area contributed by atoms with Gasteiger partial charge in [0, 0.05) is 29.6 Å². The number of nitrogens with one attached hydrogen (secondary N) is 2. The number of carbonyl (C=O) groups is 2. The number of carbonyl (C=O) groups excluding carboxylic acids is 1. The van der Waals surface area contributed by atoms with Crippen LogP contribution in [0.5, 0.6) is 0 Å². The molecule has 2 aromatic carbocycles. The summed E-state index contributed by atoms with van der Waals surface area (Å²) in [5, 5.41) is 16.5. The molecule has 0 bridgehead atoms. The third kappa shape index (κ3) is 4.76. The molecule has 4 aromatic rings. The van der Waals surface area contributed by atoms with Crippen molar-refractivity contribution in [2.24, 2.45) is 0 Å². The number of aryl methyl sites for hydroxylation is 1. The zero-order valence-electron chi connectivity index (χ0n) is 20.8. The number of hydrogen-bond donors (Lipinski definition) is 3. The van der Waals surface area contributed by atoms with E-state index < -0.39 is 12.0 Å². The number of nitrogens with zero attached hydrogens (tertiary/aromatic N) is 2. The SMILES string of the molecule is CCC(=O)Nc1ccc(N2C(=S)N[C@@H](c3ccccn3)[C@@H]2c2ccc(-c3ccccc3C(=O)O)o2)cc1C. The molecular formula is C29H26N4O4S. The number of hydrogen-bond acceptors (Lipinski definition) is 5. The lowest BCUT2D eigenvalue weighted by Crippen LogP contribution is -2.29. The van der Waals surface area contributed by atoms with Crippen LogP contribution in [-0.4, -0.2) is 27.1 Å². The Morgan fingerprint density at radius 2 is 1.89 bits per heavy atom. The molecule has 3 heterocycles. The Kier molecular flexibility index (Phi) is 6.93. The molecule has 0 saturated carbocycles. The molecule has 0 aliphatic carbocycles. The molecule has 2 aromatic heterocycles. The fourth-order valence-corrected chi connectivity index (χ4v) is 4.99. The molecule has 38 heavy (non-hydrogen) atoms. The molecule has 5 rings (SSSR count). The number of aromatic carboxylic acids is 1. The largest absolute Gasteiger partial charge is 0.478 e. The van der Waals surface area contributed by atoms with Crippen LogP contribution in [0.15, 0.2) is 83.4 Å². The number of thiocarbonyl (C=S) groups is 1. The van der Waals surface area contributed by atoms with E-state index in [0.717, 1.165) is 22.6 Å². The van der Waals surface area contributed by atoms with Crippen molar-refractivity contribution in [3.8, 4) is 11.3 Å². The Hall–Kier alpha value is -4.50. The minimum Gasteiger partial charge on any atom is -0.478 e. The van der Waals surface area contributed by atoms with Crippen LogP contribution in [0.1, 0.15) is 52.8 Å². The highest BCUT2D eigenvalue weighted by Crippen LogP contribution is 2.43. The Labute approximate surface area is 225 Å². The van der Waals surface area contributed by atoms with Crippen LogP contribution in [0.4, 0.5) is 11.4 Å². The predicted molar refractivity (Wildman–Crippen MR) is 149 cm³/mol. The minimum atomic E-state index is -1.03. The third-order valence-corrected chi connectivity index (χ3v) is 6.84. The van der Waals surface area contributed by atoms with E-state index >= 15 is 0 Å². The second kappa shape index (κ2) is 10.5. The van der Waals surface area contributed by atoms with Crippen molar-refractivity contribution >= 4 is 40.6 Å². The van der Waals surface area contributed by atoms with E-state index in [9.17, 15) is 14.7 Å². The molecule has 8 nitrogen and oxygen atoms in total. The molecule has 192 valence electrons. The van der Waals surface area contributed by atoms with E-state index in [-0.39, 0.29) is 17.5 Å². The van der Waals surface area contributed by atoms with Gasteiger partial charge < -0.3 is 25.1 Å². The summed E-state index contributed by atoms with van der Waals surface area (Å²) in [7, 11) is 0. The summed E-state index contributed by atoms with van der Waals surface area (Å²) in [6, 6.07) is 21.1. The maximum absolute atomic E-state index is 11.9. The number of aromatic nitrogens is 1. The summed E-state index contributed by atoms with van der Waals surface area (Å²) in [6.07, 6.45) is 2.12. The second-order valence-electron chi connectivity index (χ2n) is 8.95. The summed E-state index contributed by atoms with van der Waals surface area (Å²) < 4.78 is 6.33. The van der Waals surface area contributed by atoms with Gasteiger partial charge in [-0.1, -0.05) is 31.2 Å². The highest BCUT2D eigenvalue weighted by molar-refractivity contribution is 7.80. The molecule has 3 N–H and O–H groups in total. The van der Waals surface area contributed by atoms with Crippen molar-refractivity contribution in [1.82, 2.24) is 10.3 Å². The van der Waals surface area contributed by atoms with Crippen molar-refractivity contribution in [3.05, 3.63) is 102 Å². The topological polar surface area (TPSA) is 108 Å². The quantitative estimate of drug-likeness (QED) is 0.257. The number of pyridine rings is 1. The smallest absolute Gasteiger partial charge is 0.336 e. The van der Waals surface area contributed by atoms with Gasteiger partial charge in [0.15, 0.2) is 5.11 Å². The van der Waals surface area contributed by atoms with Crippen LogP contribution in [0.3, 0.4) is 0 Å². The van der Waals surface area contributed by atoms with Crippen molar-refractivity contribution in [1.29, 1.82) is 0 Å². The first kappa shape index (κ1) is 25.2. The van der Waals surface area contributed by atoms with Gasteiger partial charge in [0.25, 0.3) is 0 Å². The van der Waals surface area contributed by atoms with Gasteiger partial charge in [-0.3, -0.25) is 9.78 Å². The zero-order valence-corrected chi connectivity index (χ0v) is 21.7. The van der Waals surface area contributed by atoms with E-state index in [0.29, 0.717) is 28.6 Å². The molecule has 0 spiro atoms. The van der Waals surface area contributed by atoms with Gasteiger partial charge in [-0.05, 0) is 73.2 Å². The number of carboxylic acids is 1. The zero-order chi connectivity index (χ0) is 26.8. The number of benzene rings is 2. The number of amides is 1. The standard InChI is InChI=1S/C29H26N4O4S/c1-3-25(34)31-21-12-11-18(16-17(21)2)33-27(26(32-29(33)38)22-10-6-7-15-30-22)24-14-13-23(37-24)19-8-4-5-9-20(19)28(35)36/h4-16,26-27H,3H2,1-2H3,(H,31,34)(H,32,38)(H,35,36)/t26-,27-/m0/s1. The summed E-state index contributed by atoms with van der Waals surface area (Å²) >= 11 is 5.79. The van der Waals surface area contributed by atoms with Gasteiger partial charge in [-0.2, -0.15) is 0 Å². The van der Waals surface area contributed by atoms with Gasteiger partial charge in [0.05, 0.1) is 17.3 Å². The highest BCUT2D eigenvalue weighted by Gasteiger charge is 2.42. The maximum Gasteiger partial charge on any atom is 0.336 e. The molecule has 0 unspecified atom stereocenters. The first-order valence-corrected chi connectivity index (χ1v) is 12.6. The fraction of sp³-hybridized carbons (Fsp3) is 0.172. The normalized spacial score (nSPS) is 16.8. The van der Waals surface area contributed by atoms with Crippen molar-refractivity contribution in [2.75, 3.05) is 10.2 Å². The molecule has 2 atom stereocenters. The highest BCUT2D eigenvalue weighted by atomic mass is 32.1. The Morgan fingerprint density at radius 1 is 1.11 bits per heavy atom. The molecular weight excluding hydrogens is 500 g/mol. The first-order chi connectivity index (χ1) is 18.4. The number of rotatable bonds is 7. The number of furan rings is 1. The predicted octanol–water partition coefficient (Wildman–Crippen LogP) is 5.87. The molecule has 1 aliphatic rings. The van der Waals surface area contributed by atoms with Gasteiger partial charge in [-0.15, -0.1) is 0 Å². The van der Waals surface area contributed by atoms with Crippen LogP contribution in [0.25, 0.3) is 11.3 Å². The van der Waals surface area contributed by atoms with Crippen molar-refractivity contribution in [3.63, 3.8) is 0 Å². The maximum atomic E-state index is 11.9. The lowest BCUT2D eigenvalue weighted by molar-refractivity contribution is -0.115. The first-order valence-electron chi connectivity index (χ1n) is 12.2. The van der Waals surface area contributed by atoms with Gasteiger partial charge >= 0.3 is 5.97 Å². The van der Waals surface area contributed by atoms with Gasteiger partial charge in [0.1, 0.15) is 17.6 Å². The Bertz CT molecular complexity index is 1520. The third-order valence-electron chi connectivity index (χ3n) is 6.52. The number of carboxylic acid groups (broad SMARTS) is 1. The van der Waals surface area contributed by atoms with Crippen LogP contribution >= 0.6 is 12.2 Å². The minimum absolute atomic E-state index is 0.0583. The van der Waals surface area contributed by atoms with Crippen molar-refractivity contribution in [2.45, 2.75) is 32.4 Å². The van der Waals surface area contributed by atoms with Gasteiger partial charge in [0.2, 0.25) is 5.91 Å². The van der Waals surface area contributed by atoms with Crippen LogP contribution < -0.4 is 15.5 Å². The Balaban J connectivity index is 1.58. The summed E-state index contributed by atoms with van der Waals surface area (Å²) in [4.78, 5) is 30.3.